The quantitative estimate of drug-likeness (QED) is 0.771. The predicted octanol–water partition coefficient (Wildman–Crippen LogP) is 1.42. The van der Waals surface area contributed by atoms with Gasteiger partial charge in [0.05, 0.1) is 0 Å². The van der Waals surface area contributed by atoms with Gasteiger partial charge in [-0.1, -0.05) is 25.9 Å². The molecule has 0 amide bonds. The minimum absolute atomic E-state index is 0.313. The second kappa shape index (κ2) is 5.11. The summed E-state index contributed by atoms with van der Waals surface area (Å²) in [7, 11) is 0. The molecule has 5 nitrogen and oxygen atoms in total. The van der Waals surface area contributed by atoms with Crippen molar-refractivity contribution in [2.24, 2.45) is 11.1 Å². The highest BCUT2D eigenvalue weighted by molar-refractivity contribution is 5.16. The molecule has 0 radical (unpaired) electrons. The van der Waals surface area contributed by atoms with Crippen LogP contribution in [0.2, 0.25) is 0 Å². The summed E-state index contributed by atoms with van der Waals surface area (Å²) in [6.07, 6.45) is 1.69. The molecule has 0 spiro atoms. The van der Waals surface area contributed by atoms with Gasteiger partial charge in [-0.2, -0.15) is 0 Å². The van der Waals surface area contributed by atoms with Crippen molar-refractivity contribution in [3.05, 3.63) is 5.89 Å². The normalized spacial score (nSPS) is 11.7. The molecule has 0 fully saturated rings. The number of hydrogen-bond acceptors (Lipinski definition) is 5. The molecule has 0 bridgehead atoms. The molecule has 0 aliphatic carbocycles. The van der Waals surface area contributed by atoms with Gasteiger partial charge in [-0.15, -0.1) is 5.10 Å². The maximum Gasteiger partial charge on any atom is 0.315 e. The van der Waals surface area contributed by atoms with Gasteiger partial charge < -0.3 is 15.5 Å². The first-order chi connectivity index (χ1) is 7.01. The van der Waals surface area contributed by atoms with Crippen molar-refractivity contribution in [1.82, 2.24) is 10.2 Å². The third-order valence-electron chi connectivity index (χ3n) is 1.98. The largest absolute Gasteiger partial charge is 0.408 e. The van der Waals surface area contributed by atoms with Crippen molar-refractivity contribution >= 4 is 6.01 Å². The van der Waals surface area contributed by atoms with Crippen molar-refractivity contribution in [1.29, 1.82) is 0 Å². The predicted molar refractivity (Wildman–Crippen MR) is 59.6 cm³/mol. The molecular weight excluding hydrogens is 192 g/mol. The standard InChI is InChI=1S/C10H20N4O/c1-10(2,3)5-7-12-9-14-13-8(15-9)4-6-11/h4-7,11H2,1-3H3,(H,12,14). The number of rotatable bonds is 5. The van der Waals surface area contributed by atoms with E-state index in [2.05, 4.69) is 36.3 Å². The highest BCUT2D eigenvalue weighted by atomic mass is 16.4. The first-order valence-electron chi connectivity index (χ1n) is 5.27. The van der Waals surface area contributed by atoms with Gasteiger partial charge >= 0.3 is 6.01 Å². The van der Waals surface area contributed by atoms with Gasteiger partial charge in [0.25, 0.3) is 0 Å². The molecular formula is C10H20N4O. The van der Waals surface area contributed by atoms with Crippen molar-refractivity contribution in [2.45, 2.75) is 33.6 Å². The number of nitrogens with two attached hydrogens (primary N) is 1. The summed E-state index contributed by atoms with van der Waals surface area (Å²) in [4.78, 5) is 0. The van der Waals surface area contributed by atoms with Crippen LogP contribution in [0.1, 0.15) is 33.1 Å². The van der Waals surface area contributed by atoms with Gasteiger partial charge in [-0.25, -0.2) is 0 Å². The summed E-state index contributed by atoms with van der Waals surface area (Å²) >= 11 is 0. The van der Waals surface area contributed by atoms with Gasteiger partial charge in [0.15, 0.2) is 0 Å². The Hall–Kier alpha value is -1.10. The second-order valence-corrected chi connectivity index (χ2v) is 4.78. The van der Waals surface area contributed by atoms with E-state index in [0.29, 0.717) is 30.3 Å². The Kier molecular flexibility index (Phi) is 4.08. The van der Waals surface area contributed by atoms with E-state index in [4.69, 9.17) is 10.2 Å². The van der Waals surface area contributed by atoms with Crippen LogP contribution in [0.3, 0.4) is 0 Å². The average molecular weight is 212 g/mol. The lowest BCUT2D eigenvalue weighted by molar-refractivity contribution is 0.387. The van der Waals surface area contributed by atoms with Crippen LogP contribution < -0.4 is 11.1 Å². The van der Waals surface area contributed by atoms with Crippen LogP contribution in [-0.2, 0) is 6.42 Å². The Labute approximate surface area is 90.4 Å². The lowest BCUT2D eigenvalue weighted by atomic mass is 9.92. The fraction of sp³-hybridized carbons (Fsp3) is 0.800. The second-order valence-electron chi connectivity index (χ2n) is 4.78. The smallest absolute Gasteiger partial charge is 0.315 e. The highest BCUT2D eigenvalue weighted by Gasteiger charge is 2.10. The van der Waals surface area contributed by atoms with Gasteiger partial charge in [0.1, 0.15) is 0 Å². The first-order valence-corrected chi connectivity index (χ1v) is 5.27. The molecule has 0 unspecified atom stereocenters. The third kappa shape index (κ3) is 4.78. The van der Waals surface area contributed by atoms with Gasteiger partial charge in [0.2, 0.25) is 5.89 Å². The van der Waals surface area contributed by atoms with Crippen molar-refractivity contribution in [3.63, 3.8) is 0 Å². The Balaban J connectivity index is 2.31. The van der Waals surface area contributed by atoms with E-state index in [1.165, 1.54) is 0 Å². The Morgan fingerprint density at radius 2 is 2.07 bits per heavy atom. The monoisotopic (exact) mass is 212 g/mol. The Morgan fingerprint density at radius 3 is 2.67 bits per heavy atom. The van der Waals surface area contributed by atoms with Crippen LogP contribution in [0, 0.1) is 5.41 Å². The number of nitrogens with one attached hydrogen (secondary N) is 1. The number of nitrogens with zero attached hydrogens (tertiary/aromatic N) is 2. The molecule has 15 heavy (non-hydrogen) atoms. The van der Waals surface area contributed by atoms with E-state index < -0.39 is 0 Å². The minimum atomic E-state index is 0.313. The van der Waals surface area contributed by atoms with Crippen LogP contribution in [0.4, 0.5) is 6.01 Å². The van der Waals surface area contributed by atoms with E-state index in [1.54, 1.807) is 0 Å². The number of anilines is 1. The van der Waals surface area contributed by atoms with Crippen molar-refractivity contribution < 1.29 is 4.42 Å². The first kappa shape index (κ1) is 12.0. The molecule has 1 heterocycles. The van der Waals surface area contributed by atoms with Gasteiger partial charge in [-0.05, 0) is 11.8 Å². The summed E-state index contributed by atoms with van der Waals surface area (Å²) in [5, 5.41) is 10.8. The third-order valence-corrected chi connectivity index (χ3v) is 1.98. The van der Waals surface area contributed by atoms with E-state index in [-0.39, 0.29) is 0 Å². The zero-order chi connectivity index (χ0) is 11.3. The summed E-state index contributed by atoms with van der Waals surface area (Å²) in [6, 6.07) is 0.489. The molecule has 5 heteroatoms. The van der Waals surface area contributed by atoms with Crippen LogP contribution in [0.25, 0.3) is 0 Å². The summed E-state index contributed by atoms with van der Waals surface area (Å²) < 4.78 is 5.33. The van der Waals surface area contributed by atoms with Gasteiger partial charge in [0, 0.05) is 19.5 Å². The average Bonchev–Trinajstić information content (AvgIpc) is 2.51. The Morgan fingerprint density at radius 1 is 1.33 bits per heavy atom. The number of hydrogen-bond donors (Lipinski definition) is 2. The summed E-state index contributed by atoms with van der Waals surface area (Å²) in [5.41, 5.74) is 5.69. The topological polar surface area (TPSA) is 77.0 Å². The summed E-state index contributed by atoms with van der Waals surface area (Å²) in [5.74, 6) is 0.593. The minimum Gasteiger partial charge on any atom is -0.408 e. The molecule has 3 N–H and O–H groups in total. The molecule has 0 aliphatic heterocycles. The van der Waals surface area contributed by atoms with Crippen LogP contribution in [0.15, 0.2) is 4.42 Å². The molecule has 0 saturated heterocycles. The van der Waals surface area contributed by atoms with E-state index in [9.17, 15) is 0 Å². The van der Waals surface area contributed by atoms with Gasteiger partial charge in [-0.3, -0.25) is 0 Å². The fourth-order valence-corrected chi connectivity index (χ4v) is 1.09. The SMILES string of the molecule is CC(C)(C)CCNc1nnc(CCN)o1. The lowest BCUT2D eigenvalue weighted by Crippen LogP contribution is -2.12. The van der Waals surface area contributed by atoms with Crippen LogP contribution >= 0.6 is 0 Å². The molecule has 1 rings (SSSR count). The number of aromatic nitrogens is 2. The molecule has 0 atom stereocenters. The van der Waals surface area contributed by atoms with E-state index in [0.717, 1.165) is 13.0 Å². The van der Waals surface area contributed by atoms with Crippen molar-refractivity contribution in [2.75, 3.05) is 18.4 Å². The summed E-state index contributed by atoms with van der Waals surface area (Å²) in [6.45, 7) is 7.96. The molecule has 86 valence electrons. The van der Waals surface area contributed by atoms with Crippen molar-refractivity contribution in [3.8, 4) is 0 Å². The molecule has 0 aliphatic rings. The molecule has 0 aromatic carbocycles. The molecule has 0 saturated carbocycles. The van der Waals surface area contributed by atoms with E-state index in [1.807, 2.05) is 0 Å². The zero-order valence-corrected chi connectivity index (χ0v) is 9.71. The Bertz CT molecular complexity index is 290. The maximum atomic E-state index is 5.38. The fourth-order valence-electron chi connectivity index (χ4n) is 1.09. The molecule has 1 aromatic rings. The molecule has 1 aromatic heterocycles. The maximum absolute atomic E-state index is 5.38. The van der Waals surface area contributed by atoms with Crippen LogP contribution in [-0.4, -0.2) is 23.3 Å². The van der Waals surface area contributed by atoms with E-state index >= 15 is 0 Å². The lowest BCUT2D eigenvalue weighted by Gasteiger charge is -2.17. The highest BCUT2D eigenvalue weighted by Crippen LogP contribution is 2.18. The van der Waals surface area contributed by atoms with Crippen LogP contribution in [0.5, 0.6) is 0 Å². The zero-order valence-electron chi connectivity index (χ0n) is 9.71.